The van der Waals surface area contributed by atoms with Gasteiger partial charge in [0.2, 0.25) is 11.8 Å². The van der Waals surface area contributed by atoms with Crippen molar-refractivity contribution >= 4 is 33.7 Å². The molecule has 0 aliphatic carbocycles. The summed E-state index contributed by atoms with van der Waals surface area (Å²) in [5, 5.41) is 2.86. The second kappa shape index (κ2) is 7.21. The van der Waals surface area contributed by atoms with Crippen molar-refractivity contribution in [3.8, 4) is 0 Å². The zero-order valence-corrected chi connectivity index (χ0v) is 10.9. The van der Waals surface area contributed by atoms with Crippen molar-refractivity contribution in [1.82, 2.24) is 10.6 Å². The highest BCUT2D eigenvalue weighted by molar-refractivity contribution is 9.09. The Morgan fingerprint density at radius 3 is 2.38 bits per heavy atom. The lowest BCUT2D eigenvalue weighted by atomic mass is 10.2. The average Bonchev–Trinajstić information content (AvgIpc) is 2.34. The molecule has 7 heteroatoms. The maximum atomic E-state index is 11.6. The van der Waals surface area contributed by atoms with Gasteiger partial charge in [0.05, 0.1) is 12.4 Å². The molecule has 6 nitrogen and oxygen atoms in total. The Kier molecular flexibility index (Phi) is 5.84. The molecule has 16 heavy (non-hydrogen) atoms. The Labute approximate surface area is 104 Å². The molecule has 0 saturated heterocycles. The molecule has 2 atom stereocenters. The predicted molar refractivity (Wildman–Crippen MR) is 61.0 cm³/mol. The van der Waals surface area contributed by atoms with Gasteiger partial charge in [0, 0.05) is 0 Å². The summed E-state index contributed by atoms with van der Waals surface area (Å²) in [6.07, 6.45) is 0. The van der Waals surface area contributed by atoms with Crippen LogP contribution in [0.2, 0.25) is 1.41 Å². The van der Waals surface area contributed by atoms with E-state index in [9.17, 15) is 14.4 Å². The summed E-state index contributed by atoms with van der Waals surface area (Å²) >= 11 is 2.90. The highest BCUT2D eigenvalue weighted by Crippen LogP contribution is 1.90. The Bertz CT molecular complexity index is 313. The Morgan fingerprint density at radius 1 is 1.38 bits per heavy atom. The van der Waals surface area contributed by atoms with Crippen LogP contribution in [0.4, 0.5) is 0 Å². The maximum Gasteiger partial charge on any atom is 0.328 e. The SMILES string of the molecule is [2H]N(C(=O)CBr)[C@H](C)C(=O)N[C@@H](C)C(=O)OC. The van der Waals surface area contributed by atoms with Gasteiger partial charge in [0.15, 0.2) is 1.41 Å². The number of hydrogen-bond acceptors (Lipinski definition) is 4. The van der Waals surface area contributed by atoms with Gasteiger partial charge in [-0.15, -0.1) is 0 Å². The molecule has 0 saturated carbocycles. The van der Waals surface area contributed by atoms with Crippen LogP contribution >= 0.6 is 15.9 Å². The van der Waals surface area contributed by atoms with Gasteiger partial charge < -0.3 is 15.4 Å². The third kappa shape index (κ3) is 5.11. The summed E-state index contributed by atoms with van der Waals surface area (Å²) in [5.41, 5.74) is 0. The van der Waals surface area contributed by atoms with Crippen LogP contribution in [0.25, 0.3) is 0 Å². The number of alkyl halides is 1. The lowest BCUT2D eigenvalue weighted by Gasteiger charge is -2.16. The molecule has 0 unspecified atom stereocenters. The van der Waals surface area contributed by atoms with Crippen LogP contribution in [0.15, 0.2) is 0 Å². The van der Waals surface area contributed by atoms with Gasteiger partial charge in [-0.25, -0.2) is 4.79 Å². The van der Waals surface area contributed by atoms with Crippen LogP contribution in [0.5, 0.6) is 0 Å². The Hall–Kier alpha value is -1.11. The maximum absolute atomic E-state index is 11.6. The van der Waals surface area contributed by atoms with E-state index in [1.807, 2.05) is 0 Å². The van der Waals surface area contributed by atoms with Crippen LogP contribution in [0, 0.1) is 0 Å². The number of esters is 1. The average molecular weight is 296 g/mol. The Morgan fingerprint density at radius 2 is 1.94 bits per heavy atom. The fourth-order valence-corrected chi connectivity index (χ4v) is 1.02. The minimum atomic E-state index is -0.979. The summed E-state index contributed by atoms with van der Waals surface area (Å²) in [4.78, 5) is 33.8. The first-order chi connectivity index (χ1) is 7.84. The zero-order chi connectivity index (χ0) is 13.6. The first-order valence-electron chi connectivity index (χ1n) is 5.05. The summed E-state index contributed by atoms with van der Waals surface area (Å²) in [5.74, 6) is -1.72. The molecule has 0 fully saturated rings. The number of ether oxygens (including phenoxy) is 1. The molecule has 0 aromatic carbocycles. The highest BCUT2D eigenvalue weighted by atomic mass is 79.9. The van der Waals surface area contributed by atoms with Crippen molar-refractivity contribution in [3.63, 3.8) is 0 Å². The van der Waals surface area contributed by atoms with Crippen LogP contribution < -0.4 is 10.6 Å². The van der Waals surface area contributed by atoms with Gasteiger partial charge in [-0.1, -0.05) is 15.9 Å². The minimum absolute atomic E-state index is 0.0410. The van der Waals surface area contributed by atoms with Crippen LogP contribution in [0.1, 0.15) is 13.8 Å². The van der Waals surface area contributed by atoms with Crippen molar-refractivity contribution in [2.75, 3.05) is 12.4 Å². The van der Waals surface area contributed by atoms with Gasteiger partial charge in [0.25, 0.3) is 0 Å². The van der Waals surface area contributed by atoms with Gasteiger partial charge in [-0.05, 0) is 13.8 Å². The number of carbonyl (C=O) groups excluding carboxylic acids is 3. The molecule has 2 N–H and O–H groups in total. The van der Waals surface area contributed by atoms with Gasteiger partial charge >= 0.3 is 5.97 Å². The van der Waals surface area contributed by atoms with Crippen molar-refractivity contribution in [3.05, 3.63) is 0 Å². The van der Waals surface area contributed by atoms with Crippen molar-refractivity contribution in [2.24, 2.45) is 0 Å². The summed E-state index contributed by atoms with van der Waals surface area (Å²) < 4.78 is 11.8. The number of amides is 2. The summed E-state index contributed by atoms with van der Waals surface area (Å²) in [6.45, 7) is 2.85. The highest BCUT2D eigenvalue weighted by Gasteiger charge is 2.20. The van der Waals surface area contributed by atoms with E-state index in [1.54, 1.807) is 0 Å². The van der Waals surface area contributed by atoms with E-state index in [2.05, 4.69) is 26.0 Å². The van der Waals surface area contributed by atoms with E-state index in [0.717, 1.165) is 0 Å². The molecular formula is C9H15BrN2O4. The number of halogens is 1. The molecule has 0 aromatic rings. The molecule has 0 aliphatic heterocycles. The largest absolute Gasteiger partial charge is 0.467 e. The number of nitrogens with one attached hydrogen (secondary N) is 2. The van der Waals surface area contributed by atoms with Gasteiger partial charge in [-0.2, -0.15) is 0 Å². The molecule has 2 amide bonds. The molecule has 0 heterocycles. The first kappa shape index (κ1) is 13.0. The number of carbonyl (C=O) groups is 3. The standard InChI is InChI=1S/C9H15BrN2O4/c1-5(11-7(13)4-10)8(14)12-6(2)9(15)16-3/h5-6H,4H2,1-3H3,(H,11,13)(H,12,14)/t5-,6+/m1/s1/i/hD. The fraction of sp³-hybridized carbons (Fsp3) is 0.667. The molecule has 92 valence electrons. The van der Waals surface area contributed by atoms with Gasteiger partial charge in [-0.3, -0.25) is 9.59 Å². The van der Waals surface area contributed by atoms with E-state index in [0.29, 0.717) is 5.31 Å². The smallest absolute Gasteiger partial charge is 0.328 e. The third-order valence-corrected chi connectivity index (χ3v) is 2.22. The first-order valence-corrected chi connectivity index (χ1v) is 5.72. The van der Waals surface area contributed by atoms with E-state index in [4.69, 9.17) is 1.41 Å². The normalized spacial score (nSPS) is 14.4. The van der Waals surface area contributed by atoms with E-state index in [-0.39, 0.29) is 5.33 Å². The van der Waals surface area contributed by atoms with Crippen LogP contribution in [-0.2, 0) is 19.1 Å². The van der Waals surface area contributed by atoms with Crippen LogP contribution in [-0.4, -0.2) is 42.3 Å². The molecule has 0 bridgehead atoms. The monoisotopic (exact) mass is 295 g/mol. The topological polar surface area (TPSA) is 84.5 Å². The van der Waals surface area contributed by atoms with E-state index in [1.165, 1.54) is 21.0 Å². The van der Waals surface area contributed by atoms with Crippen LogP contribution in [0.3, 0.4) is 0 Å². The third-order valence-electron chi connectivity index (χ3n) is 1.74. The predicted octanol–water partition coefficient (Wildman–Crippen LogP) is -0.436. The summed E-state index contributed by atoms with van der Waals surface area (Å²) in [6, 6.07) is -1.80. The molecule has 0 radical (unpaired) electrons. The molecule has 0 spiro atoms. The van der Waals surface area contributed by atoms with E-state index >= 15 is 0 Å². The van der Waals surface area contributed by atoms with Crippen molar-refractivity contribution in [2.45, 2.75) is 25.9 Å². The quantitative estimate of drug-likeness (QED) is 0.532. The Balaban J connectivity index is 4.41. The summed E-state index contributed by atoms with van der Waals surface area (Å²) in [7, 11) is 1.21. The van der Waals surface area contributed by atoms with Gasteiger partial charge in [0.1, 0.15) is 12.1 Å². The van der Waals surface area contributed by atoms with E-state index < -0.39 is 29.9 Å². The molecule has 0 aliphatic rings. The van der Waals surface area contributed by atoms with Crippen molar-refractivity contribution < 1.29 is 20.5 Å². The second-order valence-electron chi connectivity index (χ2n) is 3.09. The van der Waals surface area contributed by atoms with Crippen molar-refractivity contribution in [1.29, 1.82) is 0 Å². The minimum Gasteiger partial charge on any atom is -0.467 e. The zero-order valence-electron chi connectivity index (χ0n) is 10.3. The lowest BCUT2D eigenvalue weighted by Crippen LogP contribution is -2.49. The molecule has 0 rings (SSSR count). The number of methoxy groups -OCH3 is 1. The molecular weight excluding hydrogens is 280 g/mol. The number of rotatable bonds is 5. The second-order valence-corrected chi connectivity index (χ2v) is 3.65. The lowest BCUT2D eigenvalue weighted by molar-refractivity contribution is -0.144. The molecule has 0 aromatic heterocycles. The fourth-order valence-electron chi connectivity index (χ4n) is 0.879. The number of hydrogen-bond donors (Lipinski definition) is 2.